The van der Waals surface area contributed by atoms with Crippen molar-refractivity contribution < 1.29 is 0 Å². The lowest BCUT2D eigenvalue weighted by Gasteiger charge is -2.07. The molecule has 3 aromatic rings. The summed E-state index contributed by atoms with van der Waals surface area (Å²) in [7, 11) is 0. The number of benzene rings is 1. The molecule has 1 N–H and O–H groups in total. The first-order valence-electron chi connectivity index (χ1n) is 6.78. The Bertz CT molecular complexity index is 719. The van der Waals surface area contributed by atoms with Gasteiger partial charge in [-0.3, -0.25) is 9.97 Å². The lowest BCUT2D eigenvalue weighted by atomic mass is 10.1. The quantitative estimate of drug-likeness (QED) is 0.783. The summed E-state index contributed by atoms with van der Waals surface area (Å²) in [6.07, 6.45) is 6.39. The monoisotopic (exact) mass is 264 g/mol. The van der Waals surface area contributed by atoms with Crippen molar-refractivity contribution in [2.45, 2.75) is 13.3 Å². The molecule has 2 heterocycles. The van der Waals surface area contributed by atoms with Crippen LogP contribution in [0.4, 0.5) is 5.82 Å². The van der Waals surface area contributed by atoms with E-state index in [1.54, 1.807) is 18.6 Å². The van der Waals surface area contributed by atoms with Crippen LogP contribution in [0, 0.1) is 0 Å². The van der Waals surface area contributed by atoms with Gasteiger partial charge in [0.25, 0.3) is 0 Å². The Hall–Kier alpha value is -2.49. The summed E-state index contributed by atoms with van der Waals surface area (Å²) in [4.78, 5) is 13.3. The summed E-state index contributed by atoms with van der Waals surface area (Å²) < 4.78 is 0. The van der Waals surface area contributed by atoms with Gasteiger partial charge in [0.15, 0.2) is 0 Å². The second-order valence-corrected chi connectivity index (χ2v) is 4.60. The molecule has 0 aliphatic rings. The molecular weight excluding hydrogens is 248 g/mol. The van der Waals surface area contributed by atoms with E-state index in [4.69, 9.17) is 0 Å². The Morgan fingerprint density at radius 2 is 2.00 bits per heavy atom. The molecule has 0 fully saturated rings. The van der Waals surface area contributed by atoms with Gasteiger partial charge in [0.1, 0.15) is 5.82 Å². The van der Waals surface area contributed by atoms with Crippen LogP contribution in [0.1, 0.15) is 13.3 Å². The third-order valence-corrected chi connectivity index (χ3v) is 3.10. The second-order valence-electron chi connectivity index (χ2n) is 4.60. The number of nitrogens with zero attached hydrogens (tertiary/aromatic N) is 3. The summed E-state index contributed by atoms with van der Waals surface area (Å²) in [5.74, 6) is 0.803. The van der Waals surface area contributed by atoms with E-state index in [2.05, 4.69) is 39.3 Å². The number of rotatable bonds is 4. The van der Waals surface area contributed by atoms with E-state index in [0.717, 1.165) is 40.9 Å². The predicted molar refractivity (Wildman–Crippen MR) is 81.5 cm³/mol. The number of fused-ring (bicyclic) bond motifs is 1. The Labute approximate surface area is 117 Å². The highest BCUT2D eigenvalue weighted by Crippen LogP contribution is 2.25. The van der Waals surface area contributed by atoms with Crippen LogP contribution >= 0.6 is 0 Å². The molecule has 3 rings (SSSR count). The first-order valence-corrected chi connectivity index (χ1v) is 6.78. The van der Waals surface area contributed by atoms with Crippen molar-refractivity contribution in [2.75, 3.05) is 11.9 Å². The smallest absolute Gasteiger partial charge is 0.145 e. The fourth-order valence-corrected chi connectivity index (χ4v) is 2.14. The number of nitrogens with one attached hydrogen (secondary N) is 1. The van der Waals surface area contributed by atoms with Crippen LogP contribution in [0.15, 0.2) is 48.9 Å². The number of hydrogen-bond donors (Lipinski definition) is 1. The number of para-hydroxylation sites is 1. The molecule has 20 heavy (non-hydrogen) atoms. The summed E-state index contributed by atoms with van der Waals surface area (Å²) in [5.41, 5.74) is 2.81. The first kappa shape index (κ1) is 12.5. The lowest BCUT2D eigenvalue weighted by molar-refractivity contribution is 0.965. The molecule has 4 heteroatoms. The van der Waals surface area contributed by atoms with Crippen LogP contribution in [-0.4, -0.2) is 21.5 Å². The third kappa shape index (κ3) is 2.45. The van der Waals surface area contributed by atoms with E-state index in [-0.39, 0.29) is 0 Å². The minimum Gasteiger partial charge on any atom is -0.369 e. The molecule has 0 saturated heterocycles. The summed E-state index contributed by atoms with van der Waals surface area (Å²) in [6.45, 7) is 3.02. The van der Waals surface area contributed by atoms with Crippen LogP contribution in [0.5, 0.6) is 0 Å². The van der Waals surface area contributed by atoms with Crippen LogP contribution < -0.4 is 5.32 Å². The van der Waals surface area contributed by atoms with Crippen molar-refractivity contribution in [1.82, 2.24) is 15.0 Å². The van der Waals surface area contributed by atoms with Crippen molar-refractivity contribution in [3.63, 3.8) is 0 Å². The fraction of sp³-hybridized carbons (Fsp3) is 0.188. The molecule has 0 spiro atoms. The molecule has 100 valence electrons. The average molecular weight is 264 g/mol. The number of hydrogen-bond acceptors (Lipinski definition) is 4. The Balaban J connectivity index is 2.06. The zero-order valence-electron chi connectivity index (χ0n) is 11.4. The van der Waals surface area contributed by atoms with Gasteiger partial charge in [-0.15, -0.1) is 0 Å². The lowest BCUT2D eigenvalue weighted by Crippen LogP contribution is -2.03. The van der Waals surface area contributed by atoms with Gasteiger partial charge in [-0.05, 0) is 12.5 Å². The molecular formula is C16H16N4. The zero-order chi connectivity index (χ0) is 13.8. The average Bonchev–Trinajstić information content (AvgIpc) is 2.52. The maximum absolute atomic E-state index is 4.62. The molecule has 0 radical (unpaired) electrons. The minimum absolute atomic E-state index is 0.803. The van der Waals surface area contributed by atoms with Crippen LogP contribution in [0.3, 0.4) is 0 Å². The van der Waals surface area contributed by atoms with E-state index >= 15 is 0 Å². The zero-order valence-corrected chi connectivity index (χ0v) is 11.4. The molecule has 0 aliphatic heterocycles. The topological polar surface area (TPSA) is 50.7 Å². The van der Waals surface area contributed by atoms with Crippen molar-refractivity contribution in [3.8, 4) is 11.3 Å². The molecule has 0 bridgehead atoms. The molecule has 0 aliphatic carbocycles. The molecule has 0 saturated carbocycles. The van der Waals surface area contributed by atoms with Crippen LogP contribution in [-0.2, 0) is 0 Å². The van der Waals surface area contributed by atoms with E-state index in [1.165, 1.54) is 0 Å². The highest BCUT2D eigenvalue weighted by molar-refractivity contribution is 5.92. The van der Waals surface area contributed by atoms with Crippen LogP contribution in [0.25, 0.3) is 22.2 Å². The van der Waals surface area contributed by atoms with E-state index < -0.39 is 0 Å². The van der Waals surface area contributed by atoms with Gasteiger partial charge in [0.05, 0.1) is 23.6 Å². The summed E-state index contributed by atoms with van der Waals surface area (Å²) >= 11 is 0. The maximum Gasteiger partial charge on any atom is 0.145 e. The normalized spacial score (nSPS) is 10.7. The SMILES string of the molecule is CCCNc1cncc(-c2cccc3cccnc23)n1. The molecule has 0 unspecified atom stereocenters. The van der Waals surface area contributed by atoms with Crippen molar-refractivity contribution >= 4 is 16.7 Å². The van der Waals surface area contributed by atoms with E-state index in [1.807, 2.05) is 18.2 Å². The number of anilines is 1. The Kier molecular flexibility index (Phi) is 3.54. The van der Waals surface area contributed by atoms with Crippen molar-refractivity contribution in [3.05, 3.63) is 48.9 Å². The van der Waals surface area contributed by atoms with Gasteiger partial charge in [0.2, 0.25) is 0 Å². The largest absolute Gasteiger partial charge is 0.369 e. The second kappa shape index (κ2) is 5.65. The first-order chi connectivity index (χ1) is 9.88. The van der Waals surface area contributed by atoms with Crippen molar-refractivity contribution in [1.29, 1.82) is 0 Å². The molecule has 0 atom stereocenters. The molecule has 0 amide bonds. The van der Waals surface area contributed by atoms with Crippen LogP contribution in [0.2, 0.25) is 0 Å². The van der Waals surface area contributed by atoms with Gasteiger partial charge in [-0.2, -0.15) is 0 Å². The summed E-state index contributed by atoms with van der Waals surface area (Å²) in [6, 6.07) is 10.1. The van der Waals surface area contributed by atoms with Gasteiger partial charge < -0.3 is 5.32 Å². The highest BCUT2D eigenvalue weighted by Gasteiger charge is 2.07. The fourth-order valence-electron chi connectivity index (χ4n) is 2.14. The minimum atomic E-state index is 0.803. The standard InChI is InChI=1S/C16H16N4/c1-2-8-18-15-11-17-10-14(20-15)13-7-3-5-12-6-4-9-19-16(12)13/h3-7,9-11H,2,8H2,1H3,(H,18,20). The molecule has 4 nitrogen and oxygen atoms in total. The molecule has 2 aromatic heterocycles. The van der Waals surface area contributed by atoms with Gasteiger partial charge >= 0.3 is 0 Å². The van der Waals surface area contributed by atoms with Gasteiger partial charge in [-0.1, -0.05) is 31.2 Å². The van der Waals surface area contributed by atoms with Gasteiger partial charge in [0, 0.05) is 23.7 Å². The van der Waals surface area contributed by atoms with Crippen molar-refractivity contribution in [2.24, 2.45) is 0 Å². The maximum atomic E-state index is 4.62. The Morgan fingerprint density at radius 3 is 2.90 bits per heavy atom. The molecule has 1 aromatic carbocycles. The van der Waals surface area contributed by atoms with Gasteiger partial charge in [-0.25, -0.2) is 4.98 Å². The number of pyridine rings is 1. The number of aromatic nitrogens is 3. The third-order valence-electron chi connectivity index (χ3n) is 3.10. The highest BCUT2D eigenvalue weighted by atomic mass is 15.0. The van der Waals surface area contributed by atoms with E-state index in [9.17, 15) is 0 Å². The van der Waals surface area contributed by atoms with E-state index in [0.29, 0.717) is 0 Å². The summed E-state index contributed by atoms with van der Waals surface area (Å²) in [5, 5.41) is 4.37. The Morgan fingerprint density at radius 1 is 1.10 bits per heavy atom. The predicted octanol–water partition coefficient (Wildman–Crippen LogP) is 3.51.